The van der Waals surface area contributed by atoms with E-state index in [9.17, 15) is 9.90 Å². The summed E-state index contributed by atoms with van der Waals surface area (Å²) in [6.45, 7) is 4.75. The summed E-state index contributed by atoms with van der Waals surface area (Å²) in [7, 11) is 0. The standard InChI is InChI=1S/C17H21NO3/c1-10-6-12-8-13(21-16(12)7-11(10)2)9-18-15-5-3-4-14(15)17(19)20/h6-8,14-15,18H,3-5,9H2,1-2H3,(H,19,20)/t14-,15-/m1/s1. The van der Waals surface area contributed by atoms with Crippen LogP contribution < -0.4 is 5.32 Å². The number of aryl methyl sites for hydroxylation is 2. The fourth-order valence-electron chi connectivity index (χ4n) is 3.18. The van der Waals surface area contributed by atoms with Crippen LogP contribution in [-0.4, -0.2) is 17.1 Å². The van der Waals surface area contributed by atoms with Crippen LogP contribution >= 0.6 is 0 Å². The molecular weight excluding hydrogens is 266 g/mol. The maximum absolute atomic E-state index is 11.2. The van der Waals surface area contributed by atoms with Crippen LogP contribution in [-0.2, 0) is 11.3 Å². The highest BCUT2D eigenvalue weighted by Crippen LogP contribution is 2.27. The maximum Gasteiger partial charge on any atom is 0.308 e. The van der Waals surface area contributed by atoms with Crippen LogP contribution in [0.25, 0.3) is 11.0 Å². The summed E-state index contributed by atoms with van der Waals surface area (Å²) >= 11 is 0. The highest BCUT2D eigenvalue weighted by Gasteiger charge is 2.32. The van der Waals surface area contributed by atoms with E-state index < -0.39 is 5.97 Å². The Labute approximate surface area is 124 Å². The van der Waals surface area contributed by atoms with Crippen molar-refractivity contribution in [2.75, 3.05) is 0 Å². The zero-order valence-electron chi connectivity index (χ0n) is 12.5. The summed E-state index contributed by atoms with van der Waals surface area (Å²) in [4.78, 5) is 11.2. The fraction of sp³-hybridized carbons (Fsp3) is 0.471. The van der Waals surface area contributed by atoms with Crippen LogP contribution in [0.4, 0.5) is 0 Å². The molecule has 1 aromatic carbocycles. The first-order valence-electron chi connectivity index (χ1n) is 7.50. The summed E-state index contributed by atoms with van der Waals surface area (Å²) < 4.78 is 5.85. The van der Waals surface area contributed by atoms with Crippen molar-refractivity contribution in [3.8, 4) is 0 Å². The average Bonchev–Trinajstić information content (AvgIpc) is 3.03. The Morgan fingerprint density at radius 1 is 1.29 bits per heavy atom. The molecule has 3 rings (SSSR count). The predicted octanol–water partition coefficient (Wildman–Crippen LogP) is 3.39. The molecule has 1 aliphatic rings. The number of furan rings is 1. The zero-order valence-corrected chi connectivity index (χ0v) is 12.5. The minimum atomic E-state index is -0.694. The summed E-state index contributed by atoms with van der Waals surface area (Å²) in [5.41, 5.74) is 3.37. The van der Waals surface area contributed by atoms with Crippen LogP contribution in [0.2, 0.25) is 0 Å². The van der Waals surface area contributed by atoms with Gasteiger partial charge >= 0.3 is 5.97 Å². The second-order valence-electron chi connectivity index (χ2n) is 6.05. The quantitative estimate of drug-likeness (QED) is 0.904. The predicted molar refractivity (Wildman–Crippen MR) is 81.3 cm³/mol. The normalized spacial score (nSPS) is 22.0. The lowest BCUT2D eigenvalue weighted by molar-refractivity contribution is -0.142. The molecule has 1 fully saturated rings. The molecule has 0 saturated heterocycles. The van der Waals surface area contributed by atoms with Crippen LogP contribution in [0.15, 0.2) is 22.6 Å². The van der Waals surface area contributed by atoms with Gasteiger partial charge in [0, 0.05) is 11.4 Å². The lowest BCUT2D eigenvalue weighted by Gasteiger charge is -2.16. The number of benzene rings is 1. The van der Waals surface area contributed by atoms with Crippen molar-refractivity contribution in [3.63, 3.8) is 0 Å². The van der Waals surface area contributed by atoms with Crippen molar-refractivity contribution in [2.45, 2.75) is 45.7 Å². The van der Waals surface area contributed by atoms with E-state index in [1.807, 2.05) is 6.07 Å². The van der Waals surface area contributed by atoms with E-state index in [0.717, 1.165) is 36.0 Å². The number of hydrogen-bond donors (Lipinski definition) is 2. The number of fused-ring (bicyclic) bond motifs is 1. The van der Waals surface area contributed by atoms with Gasteiger partial charge in [0.2, 0.25) is 0 Å². The van der Waals surface area contributed by atoms with Crippen LogP contribution in [0.5, 0.6) is 0 Å². The fourth-order valence-corrected chi connectivity index (χ4v) is 3.18. The first-order chi connectivity index (χ1) is 10.0. The van der Waals surface area contributed by atoms with Crippen LogP contribution in [0.1, 0.15) is 36.1 Å². The van der Waals surface area contributed by atoms with E-state index in [0.29, 0.717) is 6.54 Å². The molecule has 1 aliphatic carbocycles. The SMILES string of the molecule is Cc1cc2cc(CN[C@@H]3CCC[C@H]3C(=O)O)oc2cc1C. The highest BCUT2D eigenvalue weighted by atomic mass is 16.4. The number of carbonyl (C=O) groups is 1. The number of nitrogens with one attached hydrogen (secondary N) is 1. The number of carboxylic acids is 1. The lowest BCUT2D eigenvalue weighted by Crippen LogP contribution is -2.35. The van der Waals surface area contributed by atoms with Gasteiger partial charge in [-0.2, -0.15) is 0 Å². The smallest absolute Gasteiger partial charge is 0.308 e. The Hall–Kier alpha value is -1.81. The van der Waals surface area contributed by atoms with Gasteiger partial charge in [0.1, 0.15) is 11.3 Å². The van der Waals surface area contributed by atoms with E-state index in [4.69, 9.17) is 4.42 Å². The Bertz CT molecular complexity index is 635. The summed E-state index contributed by atoms with van der Waals surface area (Å²) in [5, 5.41) is 13.6. The van der Waals surface area contributed by atoms with Gasteiger partial charge < -0.3 is 14.8 Å². The number of hydrogen-bond acceptors (Lipinski definition) is 3. The molecular formula is C17H21NO3. The van der Waals surface area contributed by atoms with Crippen molar-refractivity contribution >= 4 is 16.9 Å². The molecule has 0 bridgehead atoms. The van der Waals surface area contributed by atoms with E-state index in [-0.39, 0.29) is 12.0 Å². The molecule has 0 spiro atoms. The molecule has 0 radical (unpaired) electrons. The third-order valence-corrected chi connectivity index (χ3v) is 4.56. The molecule has 4 nitrogen and oxygen atoms in total. The molecule has 1 aromatic heterocycles. The van der Waals surface area contributed by atoms with Gasteiger partial charge in [0.05, 0.1) is 12.5 Å². The minimum absolute atomic E-state index is 0.0548. The molecule has 2 aromatic rings. The first-order valence-corrected chi connectivity index (χ1v) is 7.50. The third kappa shape index (κ3) is 2.81. The molecule has 2 N–H and O–H groups in total. The number of carboxylic acid groups (broad SMARTS) is 1. The van der Waals surface area contributed by atoms with E-state index >= 15 is 0 Å². The van der Waals surface area contributed by atoms with Crippen molar-refractivity contribution < 1.29 is 14.3 Å². The lowest BCUT2D eigenvalue weighted by atomic mass is 10.0. The van der Waals surface area contributed by atoms with E-state index in [1.54, 1.807) is 0 Å². The minimum Gasteiger partial charge on any atom is -0.481 e. The van der Waals surface area contributed by atoms with Gasteiger partial charge in [-0.15, -0.1) is 0 Å². The number of rotatable bonds is 4. The van der Waals surface area contributed by atoms with E-state index in [2.05, 4.69) is 31.3 Å². The van der Waals surface area contributed by atoms with Crippen molar-refractivity contribution in [3.05, 3.63) is 35.1 Å². The maximum atomic E-state index is 11.2. The number of aliphatic carboxylic acids is 1. The molecule has 0 unspecified atom stereocenters. The average molecular weight is 287 g/mol. The summed E-state index contributed by atoms with van der Waals surface area (Å²) in [6, 6.07) is 6.29. The monoisotopic (exact) mass is 287 g/mol. The Morgan fingerprint density at radius 2 is 2.05 bits per heavy atom. The molecule has 21 heavy (non-hydrogen) atoms. The van der Waals surface area contributed by atoms with Crippen molar-refractivity contribution in [2.24, 2.45) is 5.92 Å². The van der Waals surface area contributed by atoms with Gasteiger partial charge in [-0.25, -0.2) is 0 Å². The topological polar surface area (TPSA) is 62.5 Å². The van der Waals surface area contributed by atoms with Gasteiger partial charge in [0.15, 0.2) is 0 Å². The molecule has 1 heterocycles. The molecule has 0 aliphatic heterocycles. The third-order valence-electron chi connectivity index (χ3n) is 4.56. The zero-order chi connectivity index (χ0) is 15.0. The van der Waals surface area contributed by atoms with E-state index in [1.165, 1.54) is 11.1 Å². The van der Waals surface area contributed by atoms with Gasteiger partial charge in [-0.3, -0.25) is 4.79 Å². The van der Waals surface area contributed by atoms with Gasteiger partial charge in [0.25, 0.3) is 0 Å². The van der Waals surface area contributed by atoms with Gasteiger partial charge in [-0.1, -0.05) is 6.42 Å². The van der Waals surface area contributed by atoms with Crippen molar-refractivity contribution in [1.29, 1.82) is 0 Å². The largest absolute Gasteiger partial charge is 0.481 e. The molecule has 4 heteroatoms. The van der Waals surface area contributed by atoms with Gasteiger partial charge in [-0.05, 0) is 56.0 Å². The molecule has 0 amide bonds. The first kappa shape index (κ1) is 14.1. The van der Waals surface area contributed by atoms with Crippen LogP contribution in [0, 0.1) is 19.8 Å². The summed E-state index contributed by atoms with van der Waals surface area (Å²) in [6.07, 6.45) is 2.67. The second-order valence-corrected chi connectivity index (χ2v) is 6.05. The second kappa shape index (κ2) is 5.53. The molecule has 2 atom stereocenters. The summed E-state index contributed by atoms with van der Waals surface area (Å²) in [5.74, 6) is -0.0919. The van der Waals surface area contributed by atoms with Crippen LogP contribution in [0.3, 0.4) is 0 Å². The molecule has 1 saturated carbocycles. The van der Waals surface area contributed by atoms with Crippen molar-refractivity contribution in [1.82, 2.24) is 5.32 Å². The Morgan fingerprint density at radius 3 is 2.81 bits per heavy atom. The highest BCUT2D eigenvalue weighted by molar-refractivity contribution is 5.79. The molecule has 112 valence electrons. The Balaban J connectivity index is 1.72. The Kier molecular flexibility index (Phi) is 3.72.